The predicted octanol–water partition coefficient (Wildman–Crippen LogP) is 0.735. The molecule has 1 heterocycles. The number of rotatable bonds is 2. The molecule has 1 aromatic carbocycles. The molecule has 16 heavy (non-hydrogen) atoms. The maximum atomic E-state index is 11.2. The third-order valence-corrected chi connectivity index (χ3v) is 3.01. The van der Waals surface area contributed by atoms with Crippen LogP contribution < -0.4 is 16.0 Å². The van der Waals surface area contributed by atoms with Crippen LogP contribution in [0.15, 0.2) is 18.2 Å². The molecular weight excluding hydrogens is 226 g/mol. The van der Waals surface area contributed by atoms with Crippen LogP contribution in [0.4, 0.5) is 5.69 Å². The molecule has 0 radical (unpaired) electrons. The van der Waals surface area contributed by atoms with Crippen molar-refractivity contribution in [3.05, 3.63) is 28.8 Å². The molecule has 0 aliphatic carbocycles. The summed E-state index contributed by atoms with van der Waals surface area (Å²) in [5.74, 6) is 0.0465. The highest BCUT2D eigenvalue weighted by Gasteiger charge is 2.16. The molecule has 2 rings (SSSR count). The van der Waals surface area contributed by atoms with E-state index in [0.717, 1.165) is 17.8 Å². The van der Waals surface area contributed by atoms with Crippen LogP contribution in [0, 0.1) is 0 Å². The van der Waals surface area contributed by atoms with E-state index in [1.807, 2.05) is 23.1 Å². The van der Waals surface area contributed by atoms with Crippen LogP contribution in [0.2, 0.25) is 5.02 Å². The number of nitrogens with two attached hydrogens (primary N) is 1. The number of hydrogen-bond donors (Lipinski definition) is 2. The average molecular weight is 240 g/mol. The first-order chi connectivity index (χ1) is 7.70. The Bertz CT molecular complexity index is 408. The van der Waals surface area contributed by atoms with E-state index >= 15 is 0 Å². The number of carbonyl (C=O) groups is 1. The molecule has 1 amide bonds. The molecule has 0 aromatic heterocycles. The minimum atomic E-state index is 0.0465. The molecule has 0 atom stereocenters. The van der Waals surface area contributed by atoms with Gasteiger partial charge in [0, 0.05) is 30.3 Å². The number of carbonyl (C=O) groups excluding carboxylic acids is 1. The van der Waals surface area contributed by atoms with Gasteiger partial charge in [-0.1, -0.05) is 17.7 Å². The van der Waals surface area contributed by atoms with Gasteiger partial charge in [0.2, 0.25) is 5.91 Å². The number of halogens is 1. The van der Waals surface area contributed by atoms with E-state index in [1.165, 1.54) is 0 Å². The van der Waals surface area contributed by atoms with Crippen LogP contribution in [-0.4, -0.2) is 25.5 Å². The van der Waals surface area contributed by atoms with Crippen molar-refractivity contribution in [3.8, 4) is 0 Å². The Hall–Kier alpha value is -1.26. The summed E-state index contributed by atoms with van der Waals surface area (Å²) in [5.41, 5.74) is 7.43. The van der Waals surface area contributed by atoms with Crippen molar-refractivity contribution in [2.75, 3.05) is 24.5 Å². The molecule has 0 saturated carbocycles. The summed E-state index contributed by atoms with van der Waals surface area (Å²) in [5, 5.41) is 3.44. The van der Waals surface area contributed by atoms with Gasteiger partial charge in [-0.05, 0) is 17.7 Å². The van der Waals surface area contributed by atoms with E-state index in [2.05, 4.69) is 5.32 Å². The standard InChI is InChI=1S/C11H14ClN3O/c12-10-5-9(2-1-8(10)6-13)15-4-3-14-11(16)7-15/h1-2,5H,3-4,6-7,13H2,(H,14,16). The van der Waals surface area contributed by atoms with Crippen LogP contribution in [0.5, 0.6) is 0 Å². The SMILES string of the molecule is NCc1ccc(N2CCNC(=O)C2)cc1Cl. The van der Waals surface area contributed by atoms with Gasteiger partial charge in [0.1, 0.15) is 0 Å². The van der Waals surface area contributed by atoms with Crippen LogP contribution in [0.3, 0.4) is 0 Å². The zero-order valence-electron chi connectivity index (χ0n) is 8.87. The summed E-state index contributed by atoms with van der Waals surface area (Å²) in [6.07, 6.45) is 0. The van der Waals surface area contributed by atoms with Crippen molar-refractivity contribution in [1.82, 2.24) is 5.32 Å². The maximum absolute atomic E-state index is 11.2. The van der Waals surface area contributed by atoms with Crippen LogP contribution in [0.25, 0.3) is 0 Å². The summed E-state index contributed by atoms with van der Waals surface area (Å²) in [6.45, 7) is 2.30. The lowest BCUT2D eigenvalue weighted by Gasteiger charge is -2.28. The molecule has 1 aliphatic rings. The average Bonchev–Trinajstić information content (AvgIpc) is 2.29. The minimum Gasteiger partial charge on any atom is -0.360 e. The van der Waals surface area contributed by atoms with Gasteiger partial charge in [0.05, 0.1) is 6.54 Å². The quantitative estimate of drug-likeness (QED) is 0.800. The summed E-state index contributed by atoms with van der Waals surface area (Å²) in [7, 11) is 0. The molecule has 3 N–H and O–H groups in total. The Labute approximate surface area is 99.4 Å². The van der Waals surface area contributed by atoms with Gasteiger partial charge in [-0.25, -0.2) is 0 Å². The smallest absolute Gasteiger partial charge is 0.239 e. The van der Waals surface area contributed by atoms with Crippen LogP contribution in [-0.2, 0) is 11.3 Å². The van der Waals surface area contributed by atoms with E-state index in [-0.39, 0.29) is 5.91 Å². The number of amides is 1. The summed E-state index contributed by atoms with van der Waals surface area (Å²) >= 11 is 6.08. The number of hydrogen-bond acceptors (Lipinski definition) is 3. The molecular formula is C11H14ClN3O. The monoisotopic (exact) mass is 239 g/mol. The topological polar surface area (TPSA) is 58.4 Å². The molecule has 1 aliphatic heterocycles. The normalized spacial score (nSPS) is 16.1. The number of nitrogens with zero attached hydrogens (tertiary/aromatic N) is 1. The summed E-state index contributed by atoms with van der Waals surface area (Å²) in [6, 6.07) is 5.72. The van der Waals surface area contributed by atoms with Gasteiger partial charge in [0.15, 0.2) is 0 Å². The molecule has 0 unspecified atom stereocenters. The van der Waals surface area contributed by atoms with E-state index < -0.39 is 0 Å². The fourth-order valence-corrected chi connectivity index (χ4v) is 2.01. The van der Waals surface area contributed by atoms with Gasteiger partial charge >= 0.3 is 0 Å². The lowest BCUT2D eigenvalue weighted by atomic mass is 10.2. The van der Waals surface area contributed by atoms with Crippen molar-refractivity contribution in [3.63, 3.8) is 0 Å². The second-order valence-corrected chi connectivity index (χ2v) is 4.16. The highest BCUT2D eigenvalue weighted by atomic mass is 35.5. The summed E-state index contributed by atoms with van der Waals surface area (Å²) < 4.78 is 0. The highest BCUT2D eigenvalue weighted by Crippen LogP contribution is 2.23. The largest absolute Gasteiger partial charge is 0.360 e. The van der Waals surface area contributed by atoms with Gasteiger partial charge in [-0.3, -0.25) is 4.79 Å². The summed E-state index contributed by atoms with van der Waals surface area (Å²) in [4.78, 5) is 13.3. The predicted molar refractivity (Wildman–Crippen MR) is 64.6 cm³/mol. The van der Waals surface area contributed by atoms with Gasteiger partial charge in [0.25, 0.3) is 0 Å². The molecule has 0 spiro atoms. The van der Waals surface area contributed by atoms with Crippen molar-refractivity contribution < 1.29 is 4.79 Å². The Kier molecular flexibility index (Phi) is 3.31. The molecule has 86 valence electrons. The molecule has 0 bridgehead atoms. The minimum absolute atomic E-state index is 0.0465. The third kappa shape index (κ3) is 2.28. The van der Waals surface area contributed by atoms with Gasteiger partial charge in [-0.2, -0.15) is 0 Å². The Balaban J connectivity index is 2.20. The maximum Gasteiger partial charge on any atom is 0.239 e. The van der Waals surface area contributed by atoms with E-state index in [9.17, 15) is 4.79 Å². The fourth-order valence-electron chi connectivity index (χ4n) is 1.76. The van der Waals surface area contributed by atoms with E-state index in [1.54, 1.807) is 0 Å². The van der Waals surface area contributed by atoms with E-state index in [0.29, 0.717) is 24.7 Å². The Morgan fingerprint density at radius 1 is 1.50 bits per heavy atom. The molecule has 1 fully saturated rings. The van der Waals surface area contributed by atoms with Gasteiger partial charge in [-0.15, -0.1) is 0 Å². The second-order valence-electron chi connectivity index (χ2n) is 3.75. The van der Waals surface area contributed by atoms with Crippen molar-refractivity contribution in [2.24, 2.45) is 5.73 Å². The third-order valence-electron chi connectivity index (χ3n) is 2.66. The first-order valence-corrected chi connectivity index (χ1v) is 5.58. The lowest BCUT2D eigenvalue weighted by molar-refractivity contribution is -0.120. The number of anilines is 1. The van der Waals surface area contributed by atoms with Crippen LogP contribution >= 0.6 is 11.6 Å². The number of nitrogens with one attached hydrogen (secondary N) is 1. The van der Waals surface area contributed by atoms with Crippen molar-refractivity contribution in [2.45, 2.75) is 6.54 Å². The van der Waals surface area contributed by atoms with Crippen molar-refractivity contribution >= 4 is 23.2 Å². The Morgan fingerprint density at radius 3 is 2.94 bits per heavy atom. The first-order valence-electron chi connectivity index (χ1n) is 5.21. The first kappa shape index (κ1) is 11.2. The molecule has 4 nitrogen and oxygen atoms in total. The highest BCUT2D eigenvalue weighted by molar-refractivity contribution is 6.31. The van der Waals surface area contributed by atoms with Gasteiger partial charge < -0.3 is 16.0 Å². The lowest BCUT2D eigenvalue weighted by Crippen LogP contribution is -2.47. The zero-order chi connectivity index (χ0) is 11.5. The number of benzene rings is 1. The molecule has 5 heteroatoms. The fraction of sp³-hybridized carbons (Fsp3) is 0.364. The van der Waals surface area contributed by atoms with Crippen LogP contribution in [0.1, 0.15) is 5.56 Å². The Morgan fingerprint density at radius 2 is 2.31 bits per heavy atom. The zero-order valence-corrected chi connectivity index (χ0v) is 9.63. The number of piperazine rings is 1. The van der Waals surface area contributed by atoms with Crippen molar-refractivity contribution in [1.29, 1.82) is 0 Å². The molecule has 1 saturated heterocycles. The molecule has 1 aromatic rings. The second kappa shape index (κ2) is 4.72. The van der Waals surface area contributed by atoms with E-state index in [4.69, 9.17) is 17.3 Å².